The van der Waals surface area contributed by atoms with Crippen LogP contribution in [0.25, 0.3) is 0 Å². The smallest absolute Gasteiger partial charge is 0.0587 e. The lowest BCUT2D eigenvalue weighted by Crippen LogP contribution is -2.31. The number of aliphatic hydroxyl groups is 1. The molecule has 2 rings (SSSR count). The minimum absolute atomic E-state index is 0.259. The highest BCUT2D eigenvalue weighted by Gasteiger charge is 2.23. The van der Waals surface area contributed by atoms with E-state index < -0.39 is 0 Å². The zero-order chi connectivity index (χ0) is 11.4. The molecule has 4 heteroatoms. The SMILES string of the molecule is NCc1cc(CN2CCCC2CO)ccn1. The van der Waals surface area contributed by atoms with Crippen LogP contribution in [0.3, 0.4) is 0 Å². The zero-order valence-corrected chi connectivity index (χ0v) is 9.47. The Balaban J connectivity index is 2.02. The Kier molecular flexibility index (Phi) is 3.88. The van der Waals surface area contributed by atoms with Crippen molar-refractivity contribution in [2.75, 3.05) is 13.2 Å². The second-order valence-electron chi connectivity index (χ2n) is 4.31. The predicted octanol–water partition coefficient (Wildman–Crippen LogP) is 0.497. The Morgan fingerprint density at radius 3 is 3.19 bits per heavy atom. The van der Waals surface area contributed by atoms with Gasteiger partial charge in [-0.1, -0.05) is 0 Å². The van der Waals surface area contributed by atoms with Crippen LogP contribution >= 0.6 is 0 Å². The van der Waals surface area contributed by atoms with Crippen LogP contribution in [0.1, 0.15) is 24.1 Å². The molecule has 1 unspecified atom stereocenters. The zero-order valence-electron chi connectivity index (χ0n) is 9.47. The van der Waals surface area contributed by atoms with Crippen molar-refractivity contribution in [3.63, 3.8) is 0 Å². The molecule has 0 aliphatic carbocycles. The van der Waals surface area contributed by atoms with Crippen molar-refractivity contribution in [2.24, 2.45) is 5.73 Å². The molecule has 1 aromatic rings. The van der Waals surface area contributed by atoms with E-state index in [1.165, 1.54) is 12.0 Å². The molecule has 0 saturated carbocycles. The second kappa shape index (κ2) is 5.39. The van der Waals surface area contributed by atoms with Crippen molar-refractivity contribution in [1.29, 1.82) is 0 Å². The van der Waals surface area contributed by atoms with E-state index in [9.17, 15) is 5.11 Å². The van der Waals surface area contributed by atoms with E-state index >= 15 is 0 Å². The minimum Gasteiger partial charge on any atom is -0.395 e. The van der Waals surface area contributed by atoms with E-state index in [1.54, 1.807) is 0 Å². The molecule has 16 heavy (non-hydrogen) atoms. The molecular weight excluding hydrogens is 202 g/mol. The largest absolute Gasteiger partial charge is 0.395 e. The quantitative estimate of drug-likeness (QED) is 0.777. The maximum absolute atomic E-state index is 9.24. The van der Waals surface area contributed by atoms with E-state index in [4.69, 9.17) is 5.73 Å². The molecule has 1 saturated heterocycles. The van der Waals surface area contributed by atoms with Crippen LogP contribution in [-0.4, -0.2) is 34.2 Å². The molecule has 1 aromatic heterocycles. The van der Waals surface area contributed by atoms with Gasteiger partial charge in [-0.3, -0.25) is 9.88 Å². The Morgan fingerprint density at radius 2 is 2.44 bits per heavy atom. The molecule has 4 nitrogen and oxygen atoms in total. The number of likely N-dealkylation sites (tertiary alicyclic amines) is 1. The van der Waals surface area contributed by atoms with Crippen molar-refractivity contribution in [1.82, 2.24) is 9.88 Å². The number of nitrogens with zero attached hydrogens (tertiary/aromatic N) is 2. The van der Waals surface area contributed by atoms with Crippen molar-refractivity contribution in [3.05, 3.63) is 29.6 Å². The minimum atomic E-state index is 0.259. The summed E-state index contributed by atoms with van der Waals surface area (Å²) in [6.07, 6.45) is 4.09. The highest BCUT2D eigenvalue weighted by atomic mass is 16.3. The average molecular weight is 221 g/mol. The van der Waals surface area contributed by atoms with E-state index in [0.29, 0.717) is 12.6 Å². The number of aliphatic hydroxyl groups excluding tert-OH is 1. The van der Waals surface area contributed by atoms with Crippen LogP contribution in [0.5, 0.6) is 0 Å². The molecule has 0 aromatic carbocycles. The van der Waals surface area contributed by atoms with Gasteiger partial charge in [0.25, 0.3) is 0 Å². The van der Waals surface area contributed by atoms with Gasteiger partial charge < -0.3 is 10.8 Å². The Bertz CT molecular complexity index is 343. The number of pyridine rings is 1. The molecule has 1 aliphatic rings. The van der Waals surface area contributed by atoms with Gasteiger partial charge in [-0.25, -0.2) is 0 Å². The van der Waals surface area contributed by atoms with Crippen LogP contribution in [0.15, 0.2) is 18.3 Å². The van der Waals surface area contributed by atoms with Gasteiger partial charge in [0.15, 0.2) is 0 Å². The van der Waals surface area contributed by atoms with Crippen LogP contribution in [0.4, 0.5) is 0 Å². The molecule has 0 bridgehead atoms. The molecule has 0 spiro atoms. The third-order valence-electron chi connectivity index (χ3n) is 3.19. The highest BCUT2D eigenvalue weighted by Crippen LogP contribution is 2.19. The average Bonchev–Trinajstić information content (AvgIpc) is 2.76. The summed E-state index contributed by atoms with van der Waals surface area (Å²) in [5.41, 5.74) is 7.72. The number of rotatable bonds is 4. The van der Waals surface area contributed by atoms with Gasteiger partial charge in [-0.2, -0.15) is 0 Å². The number of aromatic nitrogens is 1. The van der Waals surface area contributed by atoms with Gasteiger partial charge >= 0.3 is 0 Å². The van der Waals surface area contributed by atoms with Gasteiger partial charge in [0.2, 0.25) is 0 Å². The Hall–Kier alpha value is -0.970. The van der Waals surface area contributed by atoms with Gasteiger partial charge in [0.1, 0.15) is 0 Å². The normalized spacial score (nSPS) is 21.5. The summed E-state index contributed by atoms with van der Waals surface area (Å²) in [6.45, 7) is 2.71. The number of hydrogen-bond acceptors (Lipinski definition) is 4. The van der Waals surface area contributed by atoms with Gasteiger partial charge in [0.05, 0.1) is 12.3 Å². The fourth-order valence-electron chi connectivity index (χ4n) is 2.28. The lowest BCUT2D eigenvalue weighted by atomic mass is 10.2. The summed E-state index contributed by atoms with van der Waals surface area (Å²) in [6, 6.07) is 4.40. The molecule has 1 atom stereocenters. The second-order valence-corrected chi connectivity index (χ2v) is 4.31. The first-order chi connectivity index (χ1) is 7.83. The third kappa shape index (κ3) is 2.58. The van der Waals surface area contributed by atoms with Crippen molar-refractivity contribution in [2.45, 2.75) is 32.0 Å². The molecule has 1 aliphatic heterocycles. The predicted molar refractivity (Wildman–Crippen MR) is 62.6 cm³/mol. The van der Waals surface area contributed by atoms with E-state index in [1.807, 2.05) is 18.3 Å². The van der Waals surface area contributed by atoms with Gasteiger partial charge in [-0.15, -0.1) is 0 Å². The van der Waals surface area contributed by atoms with E-state index in [0.717, 1.165) is 25.2 Å². The van der Waals surface area contributed by atoms with Crippen molar-refractivity contribution < 1.29 is 5.11 Å². The van der Waals surface area contributed by atoms with Crippen LogP contribution < -0.4 is 5.73 Å². The van der Waals surface area contributed by atoms with Crippen LogP contribution in [0.2, 0.25) is 0 Å². The number of hydrogen-bond donors (Lipinski definition) is 2. The summed E-state index contributed by atoms with van der Waals surface area (Å²) in [4.78, 5) is 6.51. The molecule has 0 radical (unpaired) electrons. The van der Waals surface area contributed by atoms with Crippen molar-refractivity contribution in [3.8, 4) is 0 Å². The Labute approximate surface area is 96.1 Å². The lowest BCUT2D eigenvalue weighted by molar-refractivity contribution is 0.153. The molecule has 1 fully saturated rings. The standard InChI is InChI=1S/C12H19N3O/c13-7-11-6-10(3-4-14-11)8-15-5-1-2-12(15)9-16/h3-4,6,12,16H,1-2,5,7-9,13H2. The van der Waals surface area contributed by atoms with Crippen LogP contribution in [-0.2, 0) is 13.1 Å². The number of nitrogens with two attached hydrogens (primary N) is 1. The summed E-state index contributed by atoms with van der Waals surface area (Å²) in [5, 5.41) is 9.24. The fraction of sp³-hybridized carbons (Fsp3) is 0.583. The molecule has 0 amide bonds. The molecular formula is C12H19N3O. The van der Waals surface area contributed by atoms with E-state index in [2.05, 4.69) is 9.88 Å². The lowest BCUT2D eigenvalue weighted by Gasteiger charge is -2.22. The summed E-state index contributed by atoms with van der Waals surface area (Å²) >= 11 is 0. The summed E-state index contributed by atoms with van der Waals surface area (Å²) in [7, 11) is 0. The van der Waals surface area contributed by atoms with Gasteiger partial charge in [-0.05, 0) is 37.1 Å². The maximum Gasteiger partial charge on any atom is 0.0587 e. The topological polar surface area (TPSA) is 62.4 Å². The molecule has 2 heterocycles. The maximum atomic E-state index is 9.24. The molecule has 3 N–H and O–H groups in total. The Morgan fingerprint density at radius 1 is 1.56 bits per heavy atom. The monoisotopic (exact) mass is 221 g/mol. The van der Waals surface area contributed by atoms with E-state index in [-0.39, 0.29) is 6.61 Å². The summed E-state index contributed by atoms with van der Waals surface area (Å²) in [5.74, 6) is 0. The first-order valence-electron chi connectivity index (χ1n) is 5.82. The first kappa shape index (κ1) is 11.5. The third-order valence-corrected chi connectivity index (χ3v) is 3.19. The van der Waals surface area contributed by atoms with Crippen molar-refractivity contribution >= 4 is 0 Å². The highest BCUT2D eigenvalue weighted by molar-refractivity contribution is 5.16. The fourth-order valence-corrected chi connectivity index (χ4v) is 2.28. The molecule has 88 valence electrons. The first-order valence-corrected chi connectivity index (χ1v) is 5.82. The summed E-state index contributed by atoms with van der Waals surface area (Å²) < 4.78 is 0. The van der Waals surface area contributed by atoms with Gasteiger partial charge in [0, 0.05) is 25.3 Å². The van der Waals surface area contributed by atoms with Crippen LogP contribution in [0, 0.1) is 0 Å².